The SMILES string of the molecule is CC(=O)OC1CC[C@@]2(C)C(=CC=C3[C@@H]4CC[C@H](C(C)CS(=O)(=O)c5ccccc5)[C@@]4(C)CC[C@@H]32)C1. The van der Waals surface area contributed by atoms with Crippen LogP contribution in [0, 0.1) is 34.5 Å². The van der Waals surface area contributed by atoms with E-state index in [9.17, 15) is 13.2 Å². The topological polar surface area (TPSA) is 60.4 Å². The Morgan fingerprint density at radius 1 is 1.03 bits per heavy atom. The highest BCUT2D eigenvalue weighted by Crippen LogP contribution is 2.66. The van der Waals surface area contributed by atoms with Gasteiger partial charge in [-0.2, -0.15) is 0 Å². The number of carbonyl (C=O) groups excluding carboxylic acids is 1. The molecule has 4 aliphatic carbocycles. The zero-order chi connectivity index (χ0) is 25.0. The fourth-order valence-electron chi connectivity index (χ4n) is 8.47. The molecule has 5 heteroatoms. The number of allylic oxidation sites excluding steroid dienone is 3. The first kappa shape index (κ1) is 24.8. The Balaban J connectivity index is 1.36. The van der Waals surface area contributed by atoms with E-state index >= 15 is 0 Å². The number of ether oxygens (including phenoxy) is 1. The van der Waals surface area contributed by atoms with Crippen molar-refractivity contribution in [1.29, 1.82) is 0 Å². The standard InChI is InChI=1S/C30H40O4S/c1-20(19-35(32,33)24-8-6-5-7-9-24)26-12-13-27-25-11-10-22-18-23(34-21(2)31)14-16-29(22,3)28(25)15-17-30(26,27)4/h5-11,20,23,26-28H,12-19H2,1-4H3/t20?,23?,26-,27+,28+,29+,30-/m1/s1. The van der Waals surface area contributed by atoms with Crippen LogP contribution in [0.4, 0.5) is 0 Å². The maximum atomic E-state index is 13.1. The van der Waals surface area contributed by atoms with Crippen LogP contribution in [0.3, 0.4) is 0 Å². The molecule has 0 amide bonds. The van der Waals surface area contributed by atoms with Crippen LogP contribution in [0.5, 0.6) is 0 Å². The number of hydrogen-bond donors (Lipinski definition) is 0. The molecule has 0 spiro atoms. The summed E-state index contributed by atoms with van der Waals surface area (Å²) in [6.07, 6.45) is 12.2. The number of sulfone groups is 1. The van der Waals surface area contributed by atoms with Crippen LogP contribution in [0.25, 0.3) is 0 Å². The smallest absolute Gasteiger partial charge is 0.302 e. The third-order valence-corrected chi connectivity index (χ3v) is 12.2. The lowest BCUT2D eigenvalue weighted by Crippen LogP contribution is -2.47. The average Bonchev–Trinajstić information content (AvgIpc) is 3.17. The second-order valence-corrected chi connectivity index (χ2v) is 14.2. The monoisotopic (exact) mass is 496 g/mol. The predicted octanol–water partition coefficient (Wildman–Crippen LogP) is 6.53. The van der Waals surface area contributed by atoms with Gasteiger partial charge in [0.1, 0.15) is 6.10 Å². The van der Waals surface area contributed by atoms with Gasteiger partial charge in [-0.15, -0.1) is 0 Å². The van der Waals surface area contributed by atoms with E-state index in [0.29, 0.717) is 22.6 Å². The summed E-state index contributed by atoms with van der Waals surface area (Å²) in [6.45, 7) is 8.54. The van der Waals surface area contributed by atoms with Gasteiger partial charge in [-0.3, -0.25) is 4.79 Å². The van der Waals surface area contributed by atoms with Crippen molar-refractivity contribution in [3.8, 4) is 0 Å². The Hall–Kier alpha value is -1.88. The maximum absolute atomic E-state index is 13.1. The molecule has 5 rings (SSSR count). The molecule has 3 saturated carbocycles. The zero-order valence-electron chi connectivity index (χ0n) is 21.6. The number of benzene rings is 1. The molecule has 0 saturated heterocycles. The van der Waals surface area contributed by atoms with Crippen molar-refractivity contribution in [2.45, 2.75) is 83.6 Å². The summed E-state index contributed by atoms with van der Waals surface area (Å²) < 4.78 is 31.8. The molecule has 4 nitrogen and oxygen atoms in total. The molecule has 0 bridgehead atoms. The molecule has 0 aliphatic heterocycles. The molecule has 3 fully saturated rings. The van der Waals surface area contributed by atoms with Gasteiger partial charge in [0.15, 0.2) is 9.84 Å². The highest BCUT2D eigenvalue weighted by molar-refractivity contribution is 7.91. The van der Waals surface area contributed by atoms with Gasteiger partial charge in [0, 0.05) is 13.3 Å². The molecule has 7 atom stereocenters. The largest absolute Gasteiger partial charge is 0.462 e. The Morgan fingerprint density at radius 2 is 1.77 bits per heavy atom. The number of esters is 1. The summed E-state index contributed by atoms with van der Waals surface area (Å²) in [6, 6.07) is 8.93. The van der Waals surface area contributed by atoms with Gasteiger partial charge in [0.05, 0.1) is 10.6 Å². The Labute approximate surface area is 211 Å². The lowest BCUT2D eigenvalue weighted by atomic mass is 9.50. The van der Waals surface area contributed by atoms with Gasteiger partial charge in [0.2, 0.25) is 0 Å². The normalized spacial score (nSPS) is 37.3. The summed E-state index contributed by atoms with van der Waals surface area (Å²) in [7, 11) is -3.28. The van der Waals surface area contributed by atoms with Crippen molar-refractivity contribution in [3.05, 3.63) is 53.6 Å². The van der Waals surface area contributed by atoms with Gasteiger partial charge in [-0.05, 0) is 85.2 Å². The second-order valence-electron chi connectivity index (χ2n) is 12.2. The van der Waals surface area contributed by atoms with E-state index in [0.717, 1.165) is 38.5 Å². The van der Waals surface area contributed by atoms with Gasteiger partial charge >= 0.3 is 5.97 Å². The highest BCUT2D eigenvalue weighted by Gasteiger charge is 2.57. The molecular weight excluding hydrogens is 456 g/mol. The lowest BCUT2D eigenvalue weighted by molar-refractivity contribution is -0.148. The summed E-state index contributed by atoms with van der Waals surface area (Å²) in [5.74, 6) is 1.70. The molecule has 1 aromatic rings. The molecule has 35 heavy (non-hydrogen) atoms. The third kappa shape index (κ3) is 4.22. The van der Waals surface area contributed by atoms with E-state index in [1.165, 1.54) is 18.9 Å². The van der Waals surface area contributed by atoms with Crippen LogP contribution in [0.2, 0.25) is 0 Å². The van der Waals surface area contributed by atoms with E-state index in [1.54, 1.807) is 17.7 Å². The van der Waals surface area contributed by atoms with E-state index < -0.39 is 9.84 Å². The Kier molecular flexibility index (Phi) is 6.31. The van der Waals surface area contributed by atoms with E-state index in [4.69, 9.17) is 4.74 Å². The maximum Gasteiger partial charge on any atom is 0.302 e. The van der Waals surface area contributed by atoms with Gasteiger partial charge in [0.25, 0.3) is 0 Å². The van der Waals surface area contributed by atoms with Crippen molar-refractivity contribution < 1.29 is 17.9 Å². The number of rotatable bonds is 5. The highest BCUT2D eigenvalue weighted by atomic mass is 32.2. The first-order valence-electron chi connectivity index (χ1n) is 13.4. The minimum Gasteiger partial charge on any atom is -0.462 e. The molecule has 190 valence electrons. The fourth-order valence-corrected chi connectivity index (χ4v) is 10.2. The number of fused-ring (bicyclic) bond motifs is 5. The quantitative estimate of drug-likeness (QED) is 0.435. The van der Waals surface area contributed by atoms with Crippen LogP contribution >= 0.6 is 0 Å². The minimum atomic E-state index is -3.28. The number of hydrogen-bond acceptors (Lipinski definition) is 4. The van der Waals surface area contributed by atoms with Crippen LogP contribution < -0.4 is 0 Å². The summed E-state index contributed by atoms with van der Waals surface area (Å²) >= 11 is 0. The molecular formula is C30H40O4S. The number of carbonyl (C=O) groups is 1. The molecule has 4 aliphatic rings. The summed E-state index contributed by atoms with van der Waals surface area (Å²) in [5.41, 5.74) is 3.37. The molecule has 1 aromatic carbocycles. The molecule has 0 aromatic heterocycles. The zero-order valence-corrected chi connectivity index (χ0v) is 22.4. The van der Waals surface area contributed by atoms with Crippen molar-refractivity contribution >= 4 is 15.8 Å². The van der Waals surface area contributed by atoms with Crippen LogP contribution in [0.1, 0.15) is 72.6 Å². The van der Waals surface area contributed by atoms with Gasteiger partial charge in [-0.1, -0.05) is 62.3 Å². The van der Waals surface area contributed by atoms with E-state index in [-0.39, 0.29) is 34.6 Å². The van der Waals surface area contributed by atoms with Crippen molar-refractivity contribution in [3.63, 3.8) is 0 Å². The molecule has 2 unspecified atom stereocenters. The average molecular weight is 497 g/mol. The minimum absolute atomic E-state index is 0.0129. The van der Waals surface area contributed by atoms with Crippen LogP contribution in [-0.2, 0) is 19.4 Å². The van der Waals surface area contributed by atoms with Crippen LogP contribution in [-0.4, -0.2) is 26.2 Å². The Morgan fingerprint density at radius 3 is 2.49 bits per heavy atom. The fraction of sp³-hybridized carbons (Fsp3) is 0.633. The van der Waals surface area contributed by atoms with E-state index in [2.05, 4.69) is 32.9 Å². The lowest BCUT2D eigenvalue weighted by Gasteiger charge is -2.55. The first-order chi connectivity index (χ1) is 16.5. The van der Waals surface area contributed by atoms with Crippen molar-refractivity contribution in [2.24, 2.45) is 34.5 Å². The van der Waals surface area contributed by atoms with E-state index in [1.807, 2.05) is 18.2 Å². The summed E-state index contributed by atoms with van der Waals surface area (Å²) in [5, 5.41) is 0. The third-order valence-electron chi connectivity index (χ3n) is 10.2. The predicted molar refractivity (Wildman–Crippen MR) is 138 cm³/mol. The molecule has 0 radical (unpaired) electrons. The Bertz CT molecular complexity index is 1150. The van der Waals surface area contributed by atoms with Crippen LogP contribution in [0.15, 0.2) is 58.5 Å². The summed E-state index contributed by atoms with van der Waals surface area (Å²) in [4.78, 5) is 11.9. The van der Waals surface area contributed by atoms with Crippen molar-refractivity contribution in [1.82, 2.24) is 0 Å². The molecule has 0 N–H and O–H groups in total. The second kappa shape index (κ2) is 8.90. The first-order valence-corrected chi connectivity index (χ1v) is 15.1. The van der Waals surface area contributed by atoms with Gasteiger partial charge < -0.3 is 4.74 Å². The van der Waals surface area contributed by atoms with Gasteiger partial charge in [-0.25, -0.2) is 8.42 Å². The van der Waals surface area contributed by atoms with Crippen molar-refractivity contribution in [2.75, 3.05) is 5.75 Å². The molecule has 0 heterocycles.